The Morgan fingerprint density at radius 2 is 2.05 bits per heavy atom. The number of halogens is 3. The maximum atomic E-state index is 13.2. The fraction of sp³-hybridized carbons (Fsp3) is 0.400. The molecule has 2 aromatic rings. The van der Waals surface area contributed by atoms with E-state index in [0.29, 0.717) is 33.9 Å². The Balaban J connectivity index is 0.00000242. The Hall–Kier alpha value is -1.21. The molecule has 0 aliphatic carbocycles. The molecule has 122 valence electrons. The Morgan fingerprint density at radius 3 is 2.64 bits per heavy atom. The third-order valence-corrected chi connectivity index (χ3v) is 4.32. The van der Waals surface area contributed by atoms with E-state index in [1.807, 2.05) is 6.26 Å². The zero-order valence-electron chi connectivity index (χ0n) is 11.6. The van der Waals surface area contributed by atoms with Crippen LogP contribution < -0.4 is 5.32 Å². The molecule has 0 aliphatic heterocycles. The van der Waals surface area contributed by atoms with Gasteiger partial charge in [-0.25, -0.2) is 0 Å². The van der Waals surface area contributed by atoms with E-state index in [4.69, 9.17) is 12.2 Å². The van der Waals surface area contributed by atoms with E-state index in [1.165, 1.54) is 17.8 Å². The molecule has 7 heteroatoms. The number of H-pyrrole nitrogens is 1. The summed E-state index contributed by atoms with van der Waals surface area (Å²) in [6, 6.07) is 2.92. The van der Waals surface area contributed by atoms with Gasteiger partial charge in [0.2, 0.25) is 0 Å². The van der Waals surface area contributed by atoms with Gasteiger partial charge < -0.3 is 10.3 Å². The molecule has 2 rings (SSSR count). The van der Waals surface area contributed by atoms with E-state index < -0.39 is 11.7 Å². The molecular weight excluding hydrogens is 329 g/mol. The Morgan fingerprint density at radius 1 is 1.36 bits per heavy atom. The molecule has 0 amide bonds. The molecule has 0 atom stereocenters. The number of nitrogens with one attached hydrogen (secondary N) is 2. The number of hydrogen-bond donors (Lipinski definition) is 2. The van der Waals surface area contributed by atoms with E-state index in [0.717, 1.165) is 0 Å². The van der Waals surface area contributed by atoms with Gasteiger partial charge in [0.25, 0.3) is 0 Å². The zero-order valence-corrected chi connectivity index (χ0v) is 13.2. The Kier molecular flexibility index (Phi) is 6.31. The molecule has 22 heavy (non-hydrogen) atoms. The third-order valence-electron chi connectivity index (χ3n) is 3.16. The van der Waals surface area contributed by atoms with Gasteiger partial charge in [0.05, 0.1) is 5.56 Å². The van der Waals surface area contributed by atoms with Crippen LogP contribution in [0.15, 0.2) is 18.3 Å². The topological polar surface area (TPSA) is 27.8 Å². The van der Waals surface area contributed by atoms with Crippen molar-refractivity contribution >= 4 is 39.2 Å². The van der Waals surface area contributed by atoms with E-state index in [9.17, 15) is 13.2 Å². The van der Waals surface area contributed by atoms with Crippen LogP contribution >= 0.6 is 24.0 Å². The SMILES string of the molecule is C.CSC(=S)NCCc1c[nH]c2cc(C)cc(C(F)(F)F)c12. The molecule has 0 saturated carbocycles. The molecule has 0 bridgehead atoms. The van der Waals surface area contributed by atoms with E-state index in [-0.39, 0.29) is 12.8 Å². The first kappa shape index (κ1) is 18.8. The van der Waals surface area contributed by atoms with Crippen molar-refractivity contribution in [1.29, 1.82) is 0 Å². The molecular formula is C15H19F3N2S2. The van der Waals surface area contributed by atoms with E-state index >= 15 is 0 Å². The van der Waals surface area contributed by atoms with Gasteiger partial charge in [-0.1, -0.05) is 19.6 Å². The highest BCUT2D eigenvalue weighted by molar-refractivity contribution is 8.22. The number of benzene rings is 1. The number of thiocarbonyl (C=S) groups is 1. The lowest BCUT2D eigenvalue weighted by molar-refractivity contribution is -0.136. The summed E-state index contributed by atoms with van der Waals surface area (Å²) in [6.45, 7) is 2.17. The van der Waals surface area contributed by atoms with Crippen LogP contribution in [-0.2, 0) is 12.6 Å². The lowest BCUT2D eigenvalue weighted by Gasteiger charge is -2.11. The Labute approximate surface area is 137 Å². The highest BCUT2D eigenvalue weighted by Gasteiger charge is 2.34. The second-order valence-corrected chi connectivity index (χ2v) is 6.20. The molecule has 0 spiro atoms. The number of aromatic amines is 1. The zero-order chi connectivity index (χ0) is 15.6. The van der Waals surface area contributed by atoms with Crippen molar-refractivity contribution in [3.8, 4) is 0 Å². The summed E-state index contributed by atoms with van der Waals surface area (Å²) in [4.78, 5) is 2.93. The van der Waals surface area contributed by atoms with Gasteiger partial charge in [0.1, 0.15) is 4.32 Å². The van der Waals surface area contributed by atoms with Crippen molar-refractivity contribution in [2.75, 3.05) is 12.8 Å². The normalized spacial score (nSPS) is 11.3. The van der Waals surface area contributed by atoms with Gasteiger partial charge in [-0.05, 0) is 42.9 Å². The fourth-order valence-electron chi connectivity index (χ4n) is 2.28. The summed E-state index contributed by atoms with van der Waals surface area (Å²) < 4.78 is 40.3. The number of rotatable bonds is 3. The van der Waals surface area contributed by atoms with E-state index in [1.54, 1.807) is 19.2 Å². The minimum absolute atomic E-state index is 0. The predicted molar refractivity (Wildman–Crippen MR) is 92.6 cm³/mol. The molecule has 1 aromatic heterocycles. The summed E-state index contributed by atoms with van der Waals surface area (Å²) in [5.74, 6) is 0. The number of alkyl halides is 3. The number of aryl methyl sites for hydroxylation is 1. The highest BCUT2D eigenvalue weighted by Crippen LogP contribution is 2.37. The first-order chi connectivity index (χ1) is 9.82. The molecule has 1 aromatic carbocycles. The minimum Gasteiger partial charge on any atom is -0.371 e. The van der Waals surface area contributed by atoms with Gasteiger partial charge >= 0.3 is 6.18 Å². The average molecular weight is 348 g/mol. The second kappa shape index (κ2) is 7.37. The standard InChI is InChI=1S/C14H15F3N2S2.CH4/c1-8-5-10(14(15,16)17)12-9(7-19-11(12)6-8)3-4-18-13(20)21-2;/h5-7,19H,3-4H2,1-2H3,(H,18,20);1H4. The van der Waals surface area contributed by atoms with E-state index in [2.05, 4.69) is 10.3 Å². The summed E-state index contributed by atoms with van der Waals surface area (Å²) in [5, 5.41) is 3.26. The van der Waals surface area contributed by atoms with Gasteiger partial charge in [0.15, 0.2) is 0 Å². The maximum absolute atomic E-state index is 13.2. The molecule has 0 radical (unpaired) electrons. The molecule has 0 unspecified atom stereocenters. The van der Waals surface area contributed by atoms with Crippen molar-refractivity contribution < 1.29 is 13.2 Å². The molecule has 1 heterocycles. The molecule has 2 N–H and O–H groups in total. The molecule has 0 fully saturated rings. The molecule has 0 saturated heterocycles. The summed E-state index contributed by atoms with van der Waals surface area (Å²) >= 11 is 6.42. The van der Waals surface area contributed by atoms with Gasteiger partial charge in [-0.3, -0.25) is 0 Å². The molecule has 2 nitrogen and oxygen atoms in total. The smallest absolute Gasteiger partial charge is 0.371 e. The van der Waals surface area contributed by atoms with Crippen LogP contribution in [0.25, 0.3) is 10.9 Å². The quantitative estimate of drug-likeness (QED) is 0.772. The van der Waals surface area contributed by atoms with Crippen molar-refractivity contribution in [2.24, 2.45) is 0 Å². The fourth-order valence-corrected chi connectivity index (χ4v) is 2.62. The number of thioether (sulfide) groups is 1. The van der Waals surface area contributed by atoms with Crippen LogP contribution in [0.2, 0.25) is 0 Å². The lowest BCUT2D eigenvalue weighted by Crippen LogP contribution is -2.20. The first-order valence-electron chi connectivity index (χ1n) is 6.32. The largest absolute Gasteiger partial charge is 0.417 e. The van der Waals surface area contributed by atoms with Crippen molar-refractivity contribution in [3.63, 3.8) is 0 Å². The van der Waals surface area contributed by atoms with Crippen molar-refractivity contribution in [1.82, 2.24) is 10.3 Å². The number of hydrogen-bond acceptors (Lipinski definition) is 2. The minimum atomic E-state index is -4.36. The van der Waals surface area contributed by atoms with Crippen LogP contribution in [-0.4, -0.2) is 22.1 Å². The number of aromatic nitrogens is 1. The van der Waals surface area contributed by atoms with Crippen LogP contribution in [0.5, 0.6) is 0 Å². The van der Waals surface area contributed by atoms with Crippen LogP contribution in [0.3, 0.4) is 0 Å². The van der Waals surface area contributed by atoms with Crippen molar-refractivity contribution in [2.45, 2.75) is 26.9 Å². The second-order valence-electron chi connectivity index (χ2n) is 4.72. The predicted octanol–water partition coefficient (Wildman–Crippen LogP) is 4.91. The number of fused-ring (bicyclic) bond motifs is 1. The summed E-state index contributed by atoms with van der Waals surface area (Å²) in [7, 11) is 0. The summed E-state index contributed by atoms with van der Waals surface area (Å²) in [6.07, 6.45) is -0.384. The summed E-state index contributed by atoms with van der Waals surface area (Å²) in [5.41, 5.74) is 1.17. The van der Waals surface area contributed by atoms with Crippen LogP contribution in [0, 0.1) is 6.92 Å². The maximum Gasteiger partial charge on any atom is 0.417 e. The monoisotopic (exact) mass is 348 g/mol. The van der Waals surface area contributed by atoms with Gasteiger partial charge in [-0.2, -0.15) is 13.2 Å². The average Bonchev–Trinajstić information content (AvgIpc) is 2.79. The van der Waals surface area contributed by atoms with Crippen LogP contribution in [0.1, 0.15) is 24.1 Å². The molecule has 0 aliphatic rings. The van der Waals surface area contributed by atoms with Crippen LogP contribution in [0.4, 0.5) is 13.2 Å². The lowest BCUT2D eigenvalue weighted by atomic mass is 10.0. The van der Waals surface area contributed by atoms with Gasteiger partial charge in [0, 0.05) is 23.6 Å². The Bertz CT molecular complexity index is 663. The van der Waals surface area contributed by atoms with Gasteiger partial charge in [-0.15, -0.1) is 11.8 Å². The third kappa shape index (κ3) is 4.16. The first-order valence-corrected chi connectivity index (χ1v) is 7.96. The highest BCUT2D eigenvalue weighted by atomic mass is 32.2. The van der Waals surface area contributed by atoms with Crippen molar-refractivity contribution in [3.05, 3.63) is 35.0 Å².